The zero-order valence-electron chi connectivity index (χ0n) is 14.1. The van der Waals surface area contributed by atoms with Gasteiger partial charge in [-0.3, -0.25) is 4.72 Å². The number of rotatable bonds is 6. The third kappa shape index (κ3) is 4.29. The van der Waals surface area contributed by atoms with Crippen molar-refractivity contribution in [3.8, 4) is 0 Å². The molecule has 0 unspecified atom stereocenters. The maximum Gasteiger partial charge on any atom is 0.263 e. The third-order valence-corrected chi connectivity index (χ3v) is 7.37. The summed E-state index contributed by atoms with van der Waals surface area (Å²) in [7, 11) is -3.71. The van der Waals surface area contributed by atoms with E-state index in [4.69, 9.17) is 0 Å². The quantitative estimate of drug-likeness (QED) is 0.460. The number of thioether (sulfide) groups is 1. The molecule has 1 N–H and O–H groups in total. The molecule has 1 aromatic heterocycles. The van der Waals surface area contributed by atoms with E-state index in [2.05, 4.69) is 14.9 Å². The molecule has 0 amide bonds. The molecule has 0 aliphatic carbocycles. The number of hydrogen-bond donors (Lipinski definition) is 1. The van der Waals surface area contributed by atoms with Gasteiger partial charge < -0.3 is 0 Å². The molecule has 136 valence electrons. The molecule has 0 radical (unpaired) electrons. The minimum Gasteiger partial charge on any atom is -0.253 e. The molecule has 0 saturated carbocycles. The maximum atomic E-state index is 12.7. The number of benzene rings is 3. The highest BCUT2D eigenvalue weighted by atomic mass is 32.2. The van der Waals surface area contributed by atoms with Crippen molar-refractivity contribution in [2.45, 2.75) is 15.0 Å². The Morgan fingerprint density at radius 1 is 0.889 bits per heavy atom. The van der Waals surface area contributed by atoms with Crippen LogP contribution in [-0.2, 0) is 15.8 Å². The standard InChI is InChI=1S/C19H15N3O2S3/c23-27(24,17-11-10-15-8-4-5-9-16(15)12-17)22-18-20-21-19(26-18)25-13-14-6-2-1-3-7-14/h1-12H,13H2,(H,20,22). The van der Waals surface area contributed by atoms with Gasteiger partial charge >= 0.3 is 0 Å². The average Bonchev–Trinajstić information content (AvgIpc) is 3.13. The third-order valence-electron chi connectivity index (χ3n) is 3.86. The Kier molecular flexibility index (Phi) is 5.11. The van der Waals surface area contributed by atoms with E-state index in [1.165, 1.54) is 28.7 Å². The van der Waals surface area contributed by atoms with Crippen LogP contribution in [0.4, 0.5) is 5.13 Å². The number of fused-ring (bicyclic) bond motifs is 1. The highest BCUT2D eigenvalue weighted by Gasteiger charge is 2.17. The van der Waals surface area contributed by atoms with Crippen LogP contribution in [-0.4, -0.2) is 18.6 Å². The van der Waals surface area contributed by atoms with E-state index < -0.39 is 10.0 Å². The van der Waals surface area contributed by atoms with Gasteiger partial charge in [-0.05, 0) is 28.5 Å². The summed E-state index contributed by atoms with van der Waals surface area (Å²) in [5.74, 6) is 0.757. The predicted octanol–water partition coefficient (Wildman–Crippen LogP) is 4.78. The Balaban J connectivity index is 1.48. The van der Waals surface area contributed by atoms with E-state index in [9.17, 15) is 8.42 Å². The van der Waals surface area contributed by atoms with E-state index in [1.54, 1.807) is 18.2 Å². The minimum absolute atomic E-state index is 0.204. The van der Waals surface area contributed by atoms with Crippen LogP contribution in [0.5, 0.6) is 0 Å². The van der Waals surface area contributed by atoms with Crippen molar-refractivity contribution in [3.05, 3.63) is 78.4 Å². The average molecular weight is 414 g/mol. The van der Waals surface area contributed by atoms with E-state index >= 15 is 0 Å². The summed E-state index contributed by atoms with van der Waals surface area (Å²) in [5.41, 5.74) is 1.18. The molecule has 0 saturated heterocycles. The summed E-state index contributed by atoms with van der Waals surface area (Å²) in [5, 5.41) is 10.1. The second-order valence-corrected chi connectivity index (χ2v) is 9.64. The van der Waals surface area contributed by atoms with Crippen LogP contribution in [0, 0.1) is 0 Å². The van der Waals surface area contributed by atoms with Crippen LogP contribution in [0.15, 0.2) is 82.0 Å². The normalized spacial score (nSPS) is 11.6. The molecule has 5 nitrogen and oxygen atoms in total. The van der Waals surface area contributed by atoms with E-state index in [1.807, 2.05) is 54.6 Å². The summed E-state index contributed by atoms with van der Waals surface area (Å²) >= 11 is 2.76. The molecule has 1 heterocycles. The zero-order valence-corrected chi connectivity index (χ0v) is 16.5. The fourth-order valence-corrected chi connectivity index (χ4v) is 5.51. The lowest BCUT2D eigenvalue weighted by molar-refractivity contribution is 0.601. The predicted molar refractivity (Wildman–Crippen MR) is 111 cm³/mol. The molecule has 0 bridgehead atoms. The molecular weight excluding hydrogens is 398 g/mol. The number of nitrogens with zero attached hydrogens (tertiary/aromatic N) is 2. The molecule has 0 atom stereocenters. The highest BCUT2D eigenvalue weighted by molar-refractivity contribution is 8.00. The first kappa shape index (κ1) is 18.0. The topological polar surface area (TPSA) is 72.0 Å². The van der Waals surface area contributed by atoms with Gasteiger partial charge in [-0.25, -0.2) is 8.42 Å². The first-order valence-electron chi connectivity index (χ1n) is 8.12. The second kappa shape index (κ2) is 7.67. The van der Waals surface area contributed by atoms with Gasteiger partial charge in [-0.15, -0.1) is 10.2 Å². The molecule has 27 heavy (non-hydrogen) atoms. The molecule has 8 heteroatoms. The lowest BCUT2D eigenvalue weighted by atomic mass is 10.1. The van der Waals surface area contributed by atoms with Crippen molar-refractivity contribution >= 4 is 49.0 Å². The lowest BCUT2D eigenvalue weighted by Crippen LogP contribution is -2.12. The Bertz CT molecular complexity index is 1180. The number of aromatic nitrogens is 2. The maximum absolute atomic E-state index is 12.7. The molecule has 0 aliphatic heterocycles. The van der Waals surface area contributed by atoms with E-state index in [-0.39, 0.29) is 10.0 Å². The molecule has 0 fully saturated rings. The van der Waals surface area contributed by atoms with Gasteiger partial charge in [-0.2, -0.15) is 0 Å². The van der Waals surface area contributed by atoms with Crippen LogP contribution in [0.3, 0.4) is 0 Å². The van der Waals surface area contributed by atoms with Crippen molar-refractivity contribution in [1.29, 1.82) is 0 Å². The molecule has 0 aliphatic rings. The minimum atomic E-state index is -3.71. The number of hydrogen-bond acceptors (Lipinski definition) is 6. The molecule has 4 rings (SSSR count). The van der Waals surface area contributed by atoms with Crippen molar-refractivity contribution < 1.29 is 8.42 Å². The molecule has 3 aromatic carbocycles. The molecular formula is C19H15N3O2S3. The summed E-state index contributed by atoms with van der Waals surface area (Å²) in [6, 6.07) is 22.7. The molecule has 0 spiro atoms. The summed E-state index contributed by atoms with van der Waals surface area (Å²) in [4.78, 5) is 0.204. The smallest absolute Gasteiger partial charge is 0.253 e. The van der Waals surface area contributed by atoms with Crippen LogP contribution < -0.4 is 4.72 Å². The summed E-state index contributed by atoms with van der Waals surface area (Å²) in [6.45, 7) is 0. The fraction of sp³-hybridized carbons (Fsp3) is 0.0526. The van der Waals surface area contributed by atoms with E-state index in [0.29, 0.717) is 0 Å². The first-order valence-corrected chi connectivity index (χ1v) is 11.4. The van der Waals surface area contributed by atoms with Crippen molar-refractivity contribution in [1.82, 2.24) is 10.2 Å². The number of anilines is 1. The van der Waals surface area contributed by atoms with Gasteiger partial charge in [0.1, 0.15) is 0 Å². The van der Waals surface area contributed by atoms with Crippen LogP contribution in [0.1, 0.15) is 5.56 Å². The van der Waals surface area contributed by atoms with Crippen LogP contribution in [0.25, 0.3) is 10.8 Å². The van der Waals surface area contributed by atoms with Crippen molar-refractivity contribution in [3.63, 3.8) is 0 Å². The van der Waals surface area contributed by atoms with Gasteiger partial charge in [-0.1, -0.05) is 83.8 Å². The lowest BCUT2D eigenvalue weighted by Gasteiger charge is -2.06. The Hall–Kier alpha value is -2.42. The Morgan fingerprint density at radius 3 is 2.44 bits per heavy atom. The monoisotopic (exact) mass is 413 g/mol. The van der Waals surface area contributed by atoms with Gasteiger partial charge in [0.25, 0.3) is 10.0 Å². The summed E-state index contributed by atoms with van der Waals surface area (Å²) in [6.07, 6.45) is 0. The van der Waals surface area contributed by atoms with Gasteiger partial charge in [0.05, 0.1) is 4.90 Å². The van der Waals surface area contributed by atoms with Crippen LogP contribution >= 0.6 is 23.1 Å². The van der Waals surface area contributed by atoms with Crippen molar-refractivity contribution in [2.24, 2.45) is 0 Å². The van der Waals surface area contributed by atoms with Gasteiger partial charge in [0.15, 0.2) is 4.34 Å². The largest absolute Gasteiger partial charge is 0.263 e. The highest BCUT2D eigenvalue weighted by Crippen LogP contribution is 2.29. The Morgan fingerprint density at radius 2 is 1.63 bits per heavy atom. The molecule has 4 aromatic rings. The van der Waals surface area contributed by atoms with E-state index in [0.717, 1.165) is 20.9 Å². The summed E-state index contributed by atoms with van der Waals surface area (Å²) < 4.78 is 28.5. The fourth-order valence-electron chi connectivity index (χ4n) is 2.54. The Labute approximate surface area is 165 Å². The second-order valence-electron chi connectivity index (χ2n) is 5.76. The van der Waals surface area contributed by atoms with Gasteiger partial charge in [0, 0.05) is 5.75 Å². The van der Waals surface area contributed by atoms with Crippen molar-refractivity contribution in [2.75, 3.05) is 4.72 Å². The van der Waals surface area contributed by atoms with Crippen LogP contribution in [0.2, 0.25) is 0 Å². The number of sulfonamides is 1. The first-order chi connectivity index (χ1) is 13.1. The van der Waals surface area contributed by atoms with Gasteiger partial charge in [0.2, 0.25) is 5.13 Å². The number of nitrogens with one attached hydrogen (secondary N) is 1. The zero-order chi connectivity index (χ0) is 18.7. The SMILES string of the molecule is O=S(=O)(Nc1nnc(SCc2ccccc2)s1)c1ccc2ccccc2c1.